The van der Waals surface area contributed by atoms with Gasteiger partial charge in [-0.05, 0) is 26.3 Å². The Labute approximate surface area is 130 Å². The zero-order chi connectivity index (χ0) is 15.1. The summed E-state index contributed by atoms with van der Waals surface area (Å²) in [6.07, 6.45) is 9.34. The van der Waals surface area contributed by atoms with Crippen molar-refractivity contribution in [3.63, 3.8) is 0 Å². The molecule has 2 aliphatic rings. The lowest BCUT2D eigenvalue weighted by molar-refractivity contribution is 0.0450. The molecule has 2 fully saturated rings. The van der Waals surface area contributed by atoms with Crippen molar-refractivity contribution in [2.75, 3.05) is 39.3 Å². The second kappa shape index (κ2) is 8.62. The highest BCUT2D eigenvalue weighted by molar-refractivity contribution is 5.75. The average Bonchev–Trinajstić information content (AvgIpc) is 2.51. The molecule has 0 aromatic rings. The van der Waals surface area contributed by atoms with Gasteiger partial charge >= 0.3 is 6.03 Å². The van der Waals surface area contributed by atoms with Crippen molar-refractivity contribution in [3.05, 3.63) is 0 Å². The highest BCUT2D eigenvalue weighted by atomic mass is 16.2. The van der Waals surface area contributed by atoms with Gasteiger partial charge in [0.2, 0.25) is 0 Å². The molecule has 122 valence electrons. The summed E-state index contributed by atoms with van der Waals surface area (Å²) in [4.78, 5) is 19.0. The largest absolute Gasteiger partial charge is 0.325 e. The number of piperazine rings is 1. The molecule has 2 saturated heterocycles. The third kappa shape index (κ3) is 4.60. The fourth-order valence-electron chi connectivity index (χ4n) is 3.61. The van der Waals surface area contributed by atoms with Gasteiger partial charge in [0.25, 0.3) is 0 Å². The quantitative estimate of drug-likeness (QED) is 0.643. The van der Waals surface area contributed by atoms with E-state index in [1.54, 1.807) is 0 Å². The molecule has 0 N–H and O–H groups in total. The molecule has 21 heavy (non-hydrogen) atoms. The maximum absolute atomic E-state index is 12.3. The predicted molar refractivity (Wildman–Crippen MR) is 87.6 cm³/mol. The number of carbonyl (C=O) groups excluding carboxylic acids is 1. The predicted octanol–water partition coefficient (Wildman–Crippen LogP) is 3.18. The van der Waals surface area contributed by atoms with Crippen molar-refractivity contribution in [3.8, 4) is 0 Å². The summed E-state index contributed by atoms with van der Waals surface area (Å²) < 4.78 is 0. The fourth-order valence-corrected chi connectivity index (χ4v) is 3.61. The van der Waals surface area contributed by atoms with Crippen LogP contribution in [0.15, 0.2) is 0 Å². The number of amides is 2. The van der Waals surface area contributed by atoms with Crippen LogP contribution in [0.2, 0.25) is 0 Å². The molecule has 0 aromatic carbocycles. The Kier molecular flexibility index (Phi) is 6.81. The van der Waals surface area contributed by atoms with E-state index in [0.29, 0.717) is 6.04 Å². The van der Waals surface area contributed by atoms with Crippen LogP contribution in [0.5, 0.6) is 0 Å². The first-order valence-electron chi connectivity index (χ1n) is 9.04. The molecule has 0 bridgehead atoms. The number of fused-ring (bicyclic) bond motifs is 1. The molecule has 0 radical (unpaired) electrons. The van der Waals surface area contributed by atoms with Crippen LogP contribution in [0.3, 0.4) is 0 Å². The van der Waals surface area contributed by atoms with Gasteiger partial charge in [0, 0.05) is 38.8 Å². The van der Waals surface area contributed by atoms with Crippen LogP contribution in [0.25, 0.3) is 0 Å². The third-order valence-corrected chi connectivity index (χ3v) is 5.02. The van der Waals surface area contributed by atoms with E-state index in [-0.39, 0.29) is 6.03 Å². The summed E-state index contributed by atoms with van der Waals surface area (Å²) in [5.74, 6) is 0. The molecular formula is C17H33N3O. The number of hydrogen-bond acceptors (Lipinski definition) is 2. The molecule has 2 rings (SSSR count). The Morgan fingerprint density at radius 2 is 1.76 bits per heavy atom. The number of unbranched alkanes of at least 4 members (excludes halogenated alkanes) is 5. The number of rotatable bonds is 8. The summed E-state index contributed by atoms with van der Waals surface area (Å²) in [5, 5.41) is 0. The van der Waals surface area contributed by atoms with Crippen molar-refractivity contribution in [1.82, 2.24) is 14.7 Å². The van der Waals surface area contributed by atoms with Crippen molar-refractivity contribution in [2.24, 2.45) is 0 Å². The molecular weight excluding hydrogens is 262 g/mol. The number of urea groups is 1. The van der Waals surface area contributed by atoms with Gasteiger partial charge in [-0.15, -0.1) is 0 Å². The fraction of sp³-hybridized carbons (Fsp3) is 0.941. The Bertz CT molecular complexity index is 321. The molecule has 1 atom stereocenters. The van der Waals surface area contributed by atoms with Crippen LogP contribution in [-0.2, 0) is 0 Å². The minimum absolute atomic E-state index is 0.271. The molecule has 0 aromatic heterocycles. The zero-order valence-electron chi connectivity index (χ0n) is 14.0. The lowest BCUT2D eigenvalue weighted by Crippen LogP contribution is -2.62. The Morgan fingerprint density at radius 3 is 2.52 bits per heavy atom. The van der Waals surface area contributed by atoms with Gasteiger partial charge < -0.3 is 9.80 Å². The third-order valence-electron chi connectivity index (χ3n) is 5.02. The molecule has 0 spiro atoms. The highest BCUT2D eigenvalue weighted by Crippen LogP contribution is 2.21. The van der Waals surface area contributed by atoms with Crippen molar-refractivity contribution in [2.45, 2.75) is 64.8 Å². The minimum Gasteiger partial charge on any atom is -0.325 e. The number of nitrogens with zero attached hydrogens (tertiary/aromatic N) is 3. The zero-order valence-corrected chi connectivity index (χ0v) is 14.0. The molecule has 0 saturated carbocycles. The van der Waals surface area contributed by atoms with Crippen LogP contribution < -0.4 is 0 Å². The standard InChI is InChI=1S/C17H33N3O/c1-3-5-6-7-8-9-11-18-13-14-20-16(15-18)10-12-19(4-2)17(20)21/h16H,3-15H2,1-2H3/t16-/m1/s1. The Balaban J connectivity index is 1.65. The smallest absolute Gasteiger partial charge is 0.320 e. The molecule has 0 aliphatic carbocycles. The monoisotopic (exact) mass is 295 g/mol. The van der Waals surface area contributed by atoms with Gasteiger partial charge in [0.15, 0.2) is 0 Å². The van der Waals surface area contributed by atoms with Crippen molar-refractivity contribution >= 4 is 6.03 Å². The van der Waals surface area contributed by atoms with E-state index >= 15 is 0 Å². The average molecular weight is 295 g/mol. The first-order chi connectivity index (χ1) is 10.3. The van der Waals surface area contributed by atoms with Crippen molar-refractivity contribution < 1.29 is 4.79 Å². The molecule has 2 amide bonds. The van der Waals surface area contributed by atoms with Crippen LogP contribution in [0.4, 0.5) is 4.79 Å². The van der Waals surface area contributed by atoms with E-state index < -0.39 is 0 Å². The number of carbonyl (C=O) groups is 1. The Hall–Kier alpha value is -0.770. The first-order valence-corrected chi connectivity index (χ1v) is 9.04. The van der Waals surface area contributed by atoms with Gasteiger partial charge in [-0.3, -0.25) is 4.90 Å². The number of hydrogen-bond donors (Lipinski definition) is 0. The molecule has 4 heteroatoms. The van der Waals surface area contributed by atoms with Crippen molar-refractivity contribution in [1.29, 1.82) is 0 Å². The van der Waals surface area contributed by atoms with Crippen LogP contribution in [0.1, 0.15) is 58.8 Å². The molecule has 2 heterocycles. The Morgan fingerprint density at radius 1 is 1.00 bits per heavy atom. The summed E-state index contributed by atoms with van der Waals surface area (Å²) >= 11 is 0. The molecule has 2 aliphatic heterocycles. The molecule has 0 unspecified atom stereocenters. The minimum atomic E-state index is 0.271. The van der Waals surface area contributed by atoms with E-state index in [1.165, 1.54) is 45.1 Å². The summed E-state index contributed by atoms with van der Waals surface area (Å²) in [7, 11) is 0. The summed E-state index contributed by atoms with van der Waals surface area (Å²) in [6.45, 7) is 10.5. The maximum atomic E-state index is 12.3. The van der Waals surface area contributed by atoms with Crippen LogP contribution in [-0.4, -0.2) is 66.0 Å². The van der Waals surface area contributed by atoms with Crippen LogP contribution >= 0.6 is 0 Å². The van der Waals surface area contributed by atoms with Gasteiger partial charge in [-0.1, -0.05) is 39.0 Å². The summed E-state index contributed by atoms with van der Waals surface area (Å²) in [6, 6.07) is 0.738. The van der Waals surface area contributed by atoms with E-state index in [1.807, 2.05) is 4.90 Å². The van der Waals surface area contributed by atoms with E-state index in [4.69, 9.17) is 0 Å². The van der Waals surface area contributed by atoms with Crippen LogP contribution in [0, 0.1) is 0 Å². The van der Waals surface area contributed by atoms with E-state index in [9.17, 15) is 4.79 Å². The topological polar surface area (TPSA) is 26.8 Å². The first kappa shape index (κ1) is 16.6. The summed E-state index contributed by atoms with van der Waals surface area (Å²) in [5.41, 5.74) is 0. The van der Waals surface area contributed by atoms with E-state index in [0.717, 1.165) is 39.1 Å². The van der Waals surface area contributed by atoms with Gasteiger partial charge in [0.1, 0.15) is 0 Å². The van der Waals surface area contributed by atoms with E-state index in [2.05, 4.69) is 23.6 Å². The second-order valence-electron chi connectivity index (χ2n) is 6.57. The normalized spacial score (nSPS) is 23.5. The lowest BCUT2D eigenvalue weighted by Gasteiger charge is -2.47. The second-order valence-corrected chi connectivity index (χ2v) is 6.57. The van der Waals surface area contributed by atoms with Gasteiger partial charge in [0.05, 0.1) is 0 Å². The maximum Gasteiger partial charge on any atom is 0.320 e. The SMILES string of the molecule is CCCCCCCCN1CCN2C(=O)N(CC)CC[C@@H]2C1. The lowest BCUT2D eigenvalue weighted by atomic mass is 10.0. The van der Waals surface area contributed by atoms with Gasteiger partial charge in [-0.25, -0.2) is 4.79 Å². The van der Waals surface area contributed by atoms with Gasteiger partial charge in [-0.2, -0.15) is 0 Å². The highest BCUT2D eigenvalue weighted by Gasteiger charge is 2.36. The molecule has 4 nitrogen and oxygen atoms in total.